The fourth-order valence-corrected chi connectivity index (χ4v) is 2.95. The Morgan fingerprint density at radius 1 is 1.43 bits per heavy atom. The van der Waals surface area contributed by atoms with Gasteiger partial charge in [0.2, 0.25) is 0 Å². The Labute approximate surface area is 129 Å². The van der Waals surface area contributed by atoms with E-state index in [-0.39, 0.29) is 5.54 Å². The smallest absolute Gasteiger partial charge is 0.122 e. The molecule has 1 saturated heterocycles. The molecule has 1 aliphatic heterocycles. The van der Waals surface area contributed by atoms with Crippen LogP contribution in [0.2, 0.25) is 0 Å². The van der Waals surface area contributed by atoms with Crippen molar-refractivity contribution in [3.63, 3.8) is 0 Å². The molecule has 0 aliphatic carbocycles. The van der Waals surface area contributed by atoms with Crippen LogP contribution in [0.5, 0.6) is 0 Å². The second kappa shape index (κ2) is 6.95. The van der Waals surface area contributed by atoms with Crippen molar-refractivity contribution in [2.45, 2.75) is 45.8 Å². The molecule has 1 N–H and O–H groups in total. The molecule has 21 heavy (non-hydrogen) atoms. The van der Waals surface area contributed by atoms with E-state index in [0.29, 0.717) is 0 Å². The molecule has 0 aromatic carbocycles. The fourth-order valence-electron chi connectivity index (χ4n) is 2.95. The second-order valence-electron chi connectivity index (χ2n) is 7.59. The van der Waals surface area contributed by atoms with E-state index in [1.807, 2.05) is 6.26 Å². The molecular weight excluding hydrogens is 262 g/mol. The van der Waals surface area contributed by atoms with Crippen molar-refractivity contribution in [1.29, 1.82) is 0 Å². The molecule has 1 fully saturated rings. The van der Waals surface area contributed by atoms with Crippen molar-refractivity contribution < 1.29 is 4.42 Å². The summed E-state index contributed by atoms with van der Waals surface area (Å²) < 4.78 is 5.69. The summed E-state index contributed by atoms with van der Waals surface area (Å²) in [6, 6.07) is 2.09. The molecule has 1 aromatic heterocycles. The van der Waals surface area contributed by atoms with Crippen LogP contribution < -0.4 is 5.32 Å². The highest BCUT2D eigenvalue weighted by molar-refractivity contribution is 5.17. The van der Waals surface area contributed by atoms with E-state index in [4.69, 9.17) is 4.42 Å². The molecule has 0 saturated carbocycles. The topological polar surface area (TPSA) is 31.6 Å². The van der Waals surface area contributed by atoms with Crippen LogP contribution in [-0.4, -0.2) is 49.1 Å². The van der Waals surface area contributed by atoms with Gasteiger partial charge in [-0.2, -0.15) is 0 Å². The van der Waals surface area contributed by atoms with Crippen molar-refractivity contribution in [1.82, 2.24) is 15.1 Å². The van der Waals surface area contributed by atoms with Crippen LogP contribution in [-0.2, 0) is 13.1 Å². The quantitative estimate of drug-likeness (QED) is 0.873. The van der Waals surface area contributed by atoms with Gasteiger partial charge in [0.05, 0.1) is 12.8 Å². The standard InChI is InChI=1S/C17H31N3O/c1-17(2,3)18-10-15-7-9-21-16(15)13-20(5)12-14-6-8-19(4)11-14/h7,9,14,18H,6,8,10-13H2,1-5H3. The largest absolute Gasteiger partial charge is 0.468 e. The number of hydrogen-bond donors (Lipinski definition) is 1. The molecule has 0 bridgehead atoms. The SMILES string of the molecule is CN1CCC(CN(C)Cc2occc2CNC(C)(C)C)C1. The highest BCUT2D eigenvalue weighted by atomic mass is 16.3. The molecule has 2 heterocycles. The van der Waals surface area contributed by atoms with Crippen LogP contribution in [0.3, 0.4) is 0 Å². The third kappa shape index (κ3) is 5.46. The van der Waals surface area contributed by atoms with Gasteiger partial charge in [0.15, 0.2) is 0 Å². The predicted octanol–water partition coefficient (Wildman–Crippen LogP) is 2.55. The van der Waals surface area contributed by atoms with Crippen molar-refractivity contribution in [2.75, 3.05) is 33.7 Å². The van der Waals surface area contributed by atoms with Gasteiger partial charge >= 0.3 is 0 Å². The molecule has 1 unspecified atom stereocenters. The molecule has 120 valence electrons. The summed E-state index contributed by atoms with van der Waals surface area (Å²) in [7, 11) is 4.41. The first kappa shape index (κ1) is 16.5. The highest BCUT2D eigenvalue weighted by Gasteiger charge is 2.21. The maximum atomic E-state index is 5.69. The lowest BCUT2D eigenvalue weighted by molar-refractivity contribution is 0.247. The maximum Gasteiger partial charge on any atom is 0.122 e. The molecule has 0 spiro atoms. The first-order valence-electron chi connectivity index (χ1n) is 8.01. The number of nitrogens with one attached hydrogen (secondary N) is 1. The van der Waals surface area contributed by atoms with Crippen LogP contribution in [0.25, 0.3) is 0 Å². The number of hydrogen-bond acceptors (Lipinski definition) is 4. The Morgan fingerprint density at radius 2 is 2.19 bits per heavy atom. The minimum atomic E-state index is 0.134. The lowest BCUT2D eigenvalue weighted by Crippen LogP contribution is -2.35. The summed E-state index contributed by atoms with van der Waals surface area (Å²) >= 11 is 0. The Kier molecular flexibility index (Phi) is 5.47. The third-order valence-corrected chi connectivity index (χ3v) is 4.12. The van der Waals surface area contributed by atoms with Gasteiger partial charge in [-0.3, -0.25) is 4.90 Å². The summed E-state index contributed by atoms with van der Waals surface area (Å²) in [5.74, 6) is 1.90. The Morgan fingerprint density at radius 3 is 2.81 bits per heavy atom. The van der Waals surface area contributed by atoms with Gasteiger partial charge in [-0.25, -0.2) is 0 Å². The zero-order valence-electron chi connectivity index (χ0n) is 14.3. The van der Waals surface area contributed by atoms with E-state index >= 15 is 0 Å². The molecule has 4 nitrogen and oxygen atoms in total. The monoisotopic (exact) mass is 293 g/mol. The molecular formula is C17H31N3O. The fraction of sp³-hybridized carbons (Fsp3) is 0.765. The van der Waals surface area contributed by atoms with Gasteiger partial charge in [-0.15, -0.1) is 0 Å². The zero-order valence-corrected chi connectivity index (χ0v) is 14.3. The van der Waals surface area contributed by atoms with Gasteiger partial charge in [0, 0.05) is 30.7 Å². The first-order chi connectivity index (χ1) is 9.83. The molecule has 1 aliphatic rings. The normalized spacial score (nSPS) is 20.6. The lowest BCUT2D eigenvalue weighted by Gasteiger charge is -2.22. The summed E-state index contributed by atoms with van der Waals surface area (Å²) in [6.45, 7) is 11.9. The summed E-state index contributed by atoms with van der Waals surface area (Å²) in [6.07, 6.45) is 3.13. The van der Waals surface area contributed by atoms with E-state index in [1.54, 1.807) is 0 Å². The Hall–Kier alpha value is -0.840. The van der Waals surface area contributed by atoms with E-state index < -0.39 is 0 Å². The van der Waals surface area contributed by atoms with Crippen LogP contribution >= 0.6 is 0 Å². The van der Waals surface area contributed by atoms with Crippen LogP contribution in [0.1, 0.15) is 38.5 Å². The Bertz CT molecular complexity index is 435. The third-order valence-electron chi connectivity index (χ3n) is 4.12. The Balaban J connectivity index is 1.83. The van der Waals surface area contributed by atoms with Gasteiger partial charge in [0.25, 0.3) is 0 Å². The number of likely N-dealkylation sites (tertiary alicyclic amines) is 1. The van der Waals surface area contributed by atoms with Gasteiger partial charge in [0.1, 0.15) is 5.76 Å². The van der Waals surface area contributed by atoms with E-state index in [1.165, 1.54) is 25.1 Å². The molecule has 2 rings (SSSR count). The number of furan rings is 1. The van der Waals surface area contributed by atoms with Crippen molar-refractivity contribution in [2.24, 2.45) is 5.92 Å². The summed E-state index contributed by atoms with van der Waals surface area (Å²) in [5, 5.41) is 3.53. The maximum absolute atomic E-state index is 5.69. The van der Waals surface area contributed by atoms with Crippen LogP contribution in [0, 0.1) is 5.92 Å². The average Bonchev–Trinajstić information content (AvgIpc) is 2.95. The predicted molar refractivity (Wildman–Crippen MR) is 87.2 cm³/mol. The van der Waals surface area contributed by atoms with E-state index in [9.17, 15) is 0 Å². The van der Waals surface area contributed by atoms with Crippen molar-refractivity contribution >= 4 is 0 Å². The van der Waals surface area contributed by atoms with Gasteiger partial charge in [-0.05, 0) is 59.8 Å². The van der Waals surface area contributed by atoms with Crippen molar-refractivity contribution in [3.8, 4) is 0 Å². The number of nitrogens with zero attached hydrogens (tertiary/aromatic N) is 2. The van der Waals surface area contributed by atoms with E-state index in [0.717, 1.165) is 31.3 Å². The molecule has 0 amide bonds. The van der Waals surface area contributed by atoms with Gasteiger partial charge in [-0.1, -0.05) is 0 Å². The van der Waals surface area contributed by atoms with Gasteiger partial charge < -0.3 is 14.6 Å². The molecule has 1 aromatic rings. The molecule has 0 radical (unpaired) electrons. The minimum Gasteiger partial charge on any atom is -0.468 e. The van der Waals surface area contributed by atoms with Crippen LogP contribution in [0.4, 0.5) is 0 Å². The summed E-state index contributed by atoms with van der Waals surface area (Å²) in [5.41, 5.74) is 1.41. The molecule has 4 heteroatoms. The zero-order chi connectivity index (χ0) is 15.5. The first-order valence-corrected chi connectivity index (χ1v) is 8.01. The molecule has 1 atom stereocenters. The van der Waals surface area contributed by atoms with Crippen molar-refractivity contribution in [3.05, 3.63) is 23.7 Å². The summed E-state index contributed by atoms with van der Waals surface area (Å²) in [4.78, 5) is 4.81. The number of rotatable bonds is 6. The van der Waals surface area contributed by atoms with Crippen LogP contribution in [0.15, 0.2) is 16.7 Å². The minimum absolute atomic E-state index is 0.134. The van der Waals surface area contributed by atoms with E-state index in [2.05, 4.69) is 56.0 Å². The lowest BCUT2D eigenvalue weighted by atomic mass is 10.1. The second-order valence-corrected chi connectivity index (χ2v) is 7.59. The average molecular weight is 293 g/mol. The highest BCUT2D eigenvalue weighted by Crippen LogP contribution is 2.18.